The van der Waals surface area contributed by atoms with Crippen molar-refractivity contribution in [2.45, 2.75) is 32.3 Å². The molecular formula is C22H31NO4. The summed E-state index contributed by atoms with van der Waals surface area (Å²) in [5.41, 5.74) is 1.98. The highest BCUT2D eigenvalue weighted by Gasteiger charge is 2.13. The van der Waals surface area contributed by atoms with Gasteiger partial charge in [0.05, 0.1) is 26.9 Å². The summed E-state index contributed by atoms with van der Waals surface area (Å²) >= 11 is 0. The molecule has 2 aromatic carbocycles. The standard InChI is InChI=1S/C22H31NO4/c1-4-5-14-27-20-9-7-6-8-18(20)19(24)16-23-13-12-17-10-11-21(25-2)22(15-17)26-3/h6-11,15,19,23-24H,4-5,12-14,16H2,1-3H3. The number of nitrogens with one attached hydrogen (secondary N) is 1. The van der Waals surface area contributed by atoms with E-state index in [0.717, 1.165) is 54.2 Å². The van der Waals surface area contributed by atoms with Crippen molar-refractivity contribution in [3.05, 3.63) is 53.6 Å². The molecule has 5 heteroatoms. The van der Waals surface area contributed by atoms with Crippen LogP contribution in [0.4, 0.5) is 0 Å². The zero-order valence-corrected chi connectivity index (χ0v) is 16.5. The van der Waals surface area contributed by atoms with E-state index in [0.29, 0.717) is 13.2 Å². The second kappa shape index (κ2) is 11.5. The molecule has 0 aliphatic rings. The maximum Gasteiger partial charge on any atom is 0.160 e. The van der Waals surface area contributed by atoms with Gasteiger partial charge >= 0.3 is 0 Å². The zero-order chi connectivity index (χ0) is 19.5. The lowest BCUT2D eigenvalue weighted by atomic mass is 10.1. The number of aliphatic hydroxyl groups excluding tert-OH is 1. The van der Waals surface area contributed by atoms with Gasteiger partial charge in [-0.15, -0.1) is 0 Å². The van der Waals surface area contributed by atoms with E-state index >= 15 is 0 Å². The number of methoxy groups -OCH3 is 2. The summed E-state index contributed by atoms with van der Waals surface area (Å²) in [6.07, 6.45) is 2.33. The molecule has 2 aromatic rings. The van der Waals surface area contributed by atoms with Crippen LogP contribution in [0.1, 0.15) is 37.0 Å². The molecule has 2 N–H and O–H groups in total. The highest BCUT2D eigenvalue weighted by atomic mass is 16.5. The molecule has 0 aliphatic carbocycles. The van der Waals surface area contributed by atoms with Crippen molar-refractivity contribution in [1.29, 1.82) is 0 Å². The molecule has 0 aromatic heterocycles. The minimum absolute atomic E-state index is 0.474. The average molecular weight is 373 g/mol. The van der Waals surface area contributed by atoms with Crippen molar-refractivity contribution in [3.8, 4) is 17.2 Å². The van der Waals surface area contributed by atoms with Gasteiger partial charge in [0.2, 0.25) is 0 Å². The predicted octanol–water partition coefficient (Wildman–Crippen LogP) is 3.75. The Hall–Kier alpha value is -2.24. The monoisotopic (exact) mass is 373 g/mol. The van der Waals surface area contributed by atoms with Crippen LogP contribution in [-0.2, 0) is 6.42 Å². The lowest BCUT2D eigenvalue weighted by Gasteiger charge is -2.17. The second-order valence-corrected chi connectivity index (χ2v) is 6.40. The van der Waals surface area contributed by atoms with Crippen LogP contribution in [-0.4, -0.2) is 39.0 Å². The first-order valence-corrected chi connectivity index (χ1v) is 9.51. The van der Waals surface area contributed by atoms with E-state index in [1.54, 1.807) is 14.2 Å². The molecule has 0 saturated carbocycles. The van der Waals surface area contributed by atoms with E-state index in [1.807, 2.05) is 42.5 Å². The molecule has 148 valence electrons. The Bertz CT molecular complexity index is 690. The van der Waals surface area contributed by atoms with Crippen molar-refractivity contribution in [2.24, 2.45) is 0 Å². The summed E-state index contributed by atoms with van der Waals surface area (Å²) in [6.45, 7) is 4.03. The van der Waals surface area contributed by atoms with Gasteiger partial charge in [-0.1, -0.05) is 37.6 Å². The Morgan fingerprint density at radius 2 is 1.78 bits per heavy atom. The van der Waals surface area contributed by atoms with Crippen LogP contribution >= 0.6 is 0 Å². The van der Waals surface area contributed by atoms with Gasteiger partial charge in [-0.25, -0.2) is 0 Å². The number of hydrogen-bond donors (Lipinski definition) is 2. The van der Waals surface area contributed by atoms with Gasteiger partial charge in [0.25, 0.3) is 0 Å². The van der Waals surface area contributed by atoms with Crippen LogP contribution in [0.3, 0.4) is 0 Å². The SMILES string of the molecule is CCCCOc1ccccc1C(O)CNCCc1ccc(OC)c(OC)c1. The third kappa shape index (κ3) is 6.45. The fourth-order valence-electron chi connectivity index (χ4n) is 2.83. The highest BCUT2D eigenvalue weighted by Crippen LogP contribution is 2.28. The Morgan fingerprint density at radius 1 is 1.00 bits per heavy atom. The van der Waals surface area contributed by atoms with Crippen LogP contribution < -0.4 is 19.5 Å². The van der Waals surface area contributed by atoms with Gasteiger partial charge in [-0.05, 0) is 43.1 Å². The molecule has 0 bridgehead atoms. The summed E-state index contributed by atoms with van der Waals surface area (Å²) in [7, 11) is 3.26. The van der Waals surface area contributed by atoms with Crippen LogP contribution in [0.15, 0.2) is 42.5 Å². The molecule has 0 radical (unpaired) electrons. The Labute approximate surface area is 162 Å². The number of para-hydroxylation sites is 1. The van der Waals surface area contributed by atoms with Crippen molar-refractivity contribution in [3.63, 3.8) is 0 Å². The van der Waals surface area contributed by atoms with Crippen molar-refractivity contribution in [2.75, 3.05) is 33.9 Å². The lowest BCUT2D eigenvalue weighted by molar-refractivity contribution is 0.168. The van der Waals surface area contributed by atoms with Crippen LogP contribution in [0.25, 0.3) is 0 Å². The second-order valence-electron chi connectivity index (χ2n) is 6.40. The van der Waals surface area contributed by atoms with E-state index in [9.17, 15) is 5.11 Å². The molecule has 0 aliphatic heterocycles. The molecule has 0 saturated heterocycles. The minimum Gasteiger partial charge on any atom is -0.493 e. The first-order valence-electron chi connectivity index (χ1n) is 9.51. The molecular weight excluding hydrogens is 342 g/mol. The van der Waals surface area contributed by atoms with Crippen LogP contribution in [0.2, 0.25) is 0 Å². The zero-order valence-electron chi connectivity index (χ0n) is 16.5. The fraction of sp³-hybridized carbons (Fsp3) is 0.455. The van der Waals surface area contributed by atoms with Crippen molar-refractivity contribution >= 4 is 0 Å². The van der Waals surface area contributed by atoms with Gasteiger partial charge in [-0.2, -0.15) is 0 Å². The predicted molar refractivity (Wildman–Crippen MR) is 108 cm³/mol. The first kappa shape index (κ1) is 21.1. The maximum atomic E-state index is 10.5. The summed E-state index contributed by atoms with van der Waals surface area (Å²) in [6, 6.07) is 13.6. The summed E-state index contributed by atoms with van der Waals surface area (Å²) < 4.78 is 16.4. The topological polar surface area (TPSA) is 60.0 Å². The summed E-state index contributed by atoms with van der Waals surface area (Å²) in [5, 5.41) is 13.8. The fourth-order valence-corrected chi connectivity index (χ4v) is 2.83. The Morgan fingerprint density at radius 3 is 2.52 bits per heavy atom. The van der Waals surface area contributed by atoms with Crippen LogP contribution in [0, 0.1) is 0 Å². The van der Waals surface area contributed by atoms with Gasteiger partial charge < -0.3 is 24.6 Å². The number of unbranched alkanes of at least 4 members (excludes halogenated alkanes) is 1. The highest BCUT2D eigenvalue weighted by molar-refractivity contribution is 5.43. The average Bonchev–Trinajstić information content (AvgIpc) is 2.71. The van der Waals surface area contributed by atoms with E-state index < -0.39 is 6.10 Å². The van der Waals surface area contributed by atoms with Crippen LogP contribution in [0.5, 0.6) is 17.2 Å². The first-order chi connectivity index (χ1) is 13.2. The summed E-state index contributed by atoms with van der Waals surface area (Å²) in [5.74, 6) is 2.22. The Kier molecular flexibility index (Phi) is 8.95. The number of rotatable bonds is 12. The number of benzene rings is 2. The minimum atomic E-state index is -0.603. The van der Waals surface area contributed by atoms with E-state index in [-0.39, 0.29) is 0 Å². The largest absolute Gasteiger partial charge is 0.493 e. The summed E-state index contributed by atoms with van der Waals surface area (Å²) in [4.78, 5) is 0. The number of aliphatic hydroxyl groups is 1. The Balaban J connectivity index is 1.83. The van der Waals surface area contributed by atoms with Gasteiger partial charge in [0.1, 0.15) is 5.75 Å². The van der Waals surface area contributed by atoms with Gasteiger partial charge in [0, 0.05) is 12.1 Å². The quantitative estimate of drug-likeness (QED) is 0.555. The third-order valence-electron chi connectivity index (χ3n) is 4.41. The number of hydrogen-bond acceptors (Lipinski definition) is 5. The smallest absolute Gasteiger partial charge is 0.160 e. The molecule has 1 atom stereocenters. The molecule has 1 unspecified atom stereocenters. The molecule has 0 heterocycles. The van der Waals surface area contributed by atoms with Crippen molar-refractivity contribution in [1.82, 2.24) is 5.32 Å². The van der Waals surface area contributed by atoms with E-state index in [1.165, 1.54) is 0 Å². The maximum absolute atomic E-state index is 10.5. The lowest BCUT2D eigenvalue weighted by Crippen LogP contribution is -2.24. The van der Waals surface area contributed by atoms with Gasteiger partial charge in [0.15, 0.2) is 11.5 Å². The molecule has 0 spiro atoms. The van der Waals surface area contributed by atoms with Crippen molar-refractivity contribution < 1.29 is 19.3 Å². The van der Waals surface area contributed by atoms with E-state index in [2.05, 4.69) is 12.2 Å². The molecule has 5 nitrogen and oxygen atoms in total. The number of ether oxygens (including phenoxy) is 3. The van der Waals surface area contributed by atoms with Gasteiger partial charge in [-0.3, -0.25) is 0 Å². The van der Waals surface area contributed by atoms with E-state index in [4.69, 9.17) is 14.2 Å². The molecule has 0 fully saturated rings. The molecule has 2 rings (SSSR count). The molecule has 27 heavy (non-hydrogen) atoms. The molecule has 0 amide bonds. The third-order valence-corrected chi connectivity index (χ3v) is 4.41. The normalized spacial score (nSPS) is 11.9.